The Kier molecular flexibility index (Phi) is 5.97. The number of rotatable bonds is 8. The number of aromatic nitrogens is 4. The van der Waals surface area contributed by atoms with E-state index in [2.05, 4.69) is 26.0 Å². The molecule has 0 radical (unpaired) electrons. The van der Waals surface area contributed by atoms with Crippen LogP contribution in [0, 0.1) is 0 Å². The van der Waals surface area contributed by atoms with Crippen LogP contribution in [0.4, 0.5) is 17.3 Å². The molecule has 11 heteroatoms. The quantitative estimate of drug-likeness (QED) is 0.448. The molecular weight excluding hydrogens is 450 g/mol. The van der Waals surface area contributed by atoms with Crippen molar-refractivity contribution in [1.82, 2.24) is 24.5 Å². The van der Waals surface area contributed by atoms with Crippen LogP contribution in [0.5, 0.6) is 0 Å². The van der Waals surface area contributed by atoms with Gasteiger partial charge in [0.25, 0.3) is 11.5 Å². The largest absolute Gasteiger partial charge is 0.381 e. The molecular formula is C24H31N7O4. The molecule has 2 fully saturated rings. The van der Waals surface area contributed by atoms with Crippen LogP contribution >= 0.6 is 0 Å². The highest BCUT2D eigenvalue weighted by atomic mass is 16.5. The number of pyridine rings is 1. The molecule has 0 bridgehead atoms. The molecule has 2 saturated carbocycles. The standard InChI is InChI=1S/C24H31N7O4/c1-24(35-4)8-7-18(24)28-22(32)16-13-26-31-20(25-2)12-19(29-21(16)31)27-17-6-5-9-30(23(17)33)14-10-15(11-14)34-3/h5-6,9,12-15,18,25H,7-8,10-11H2,1-4H3,(H,27,29)(H,28,32)/t14-,15-,18?,24-/m1/s1. The molecule has 1 amide bonds. The number of ether oxygens (including phenoxy) is 2. The van der Waals surface area contributed by atoms with Crippen molar-refractivity contribution in [1.29, 1.82) is 0 Å². The van der Waals surface area contributed by atoms with Crippen LogP contribution in [-0.4, -0.2) is 64.1 Å². The van der Waals surface area contributed by atoms with Gasteiger partial charge in [-0.15, -0.1) is 0 Å². The van der Waals surface area contributed by atoms with Gasteiger partial charge in [-0.1, -0.05) is 0 Å². The normalized spacial score (nSPS) is 25.5. The van der Waals surface area contributed by atoms with E-state index in [0.29, 0.717) is 28.5 Å². The number of hydrogen-bond donors (Lipinski definition) is 3. The molecule has 0 saturated heterocycles. The van der Waals surface area contributed by atoms with Gasteiger partial charge in [-0.25, -0.2) is 4.98 Å². The maximum Gasteiger partial charge on any atom is 0.274 e. The number of nitrogens with one attached hydrogen (secondary N) is 3. The van der Waals surface area contributed by atoms with E-state index in [-0.39, 0.29) is 35.3 Å². The number of amides is 1. The van der Waals surface area contributed by atoms with Gasteiger partial charge in [0.05, 0.1) is 23.9 Å². The first-order chi connectivity index (χ1) is 16.9. The van der Waals surface area contributed by atoms with E-state index in [9.17, 15) is 9.59 Å². The second-order valence-electron chi connectivity index (χ2n) is 9.39. The highest BCUT2D eigenvalue weighted by molar-refractivity contribution is 6.00. The van der Waals surface area contributed by atoms with E-state index >= 15 is 0 Å². The topological polar surface area (TPSA) is 124 Å². The van der Waals surface area contributed by atoms with Crippen LogP contribution in [0.25, 0.3) is 5.65 Å². The third-order valence-electron chi connectivity index (χ3n) is 7.44. The third kappa shape index (κ3) is 4.04. The second kappa shape index (κ2) is 8.97. The fourth-order valence-corrected chi connectivity index (χ4v) is 4.75. The van der Waals surface area contributed by atoms with E-state index in [4.69, 9.17) is 9.47 Å². The highest BCUT2D eigenvalue weighted by Crippen LogP contribution is 2.35. The molecule has 1 unspecified atom stereocenters. The summed E-state index contributed by atoms with van der Waals surface area (Å²) in [7, 11) is 5.11. The molecule has 0 aromatic carbocycles. The zero-order valence-corrected chi connectivity index (χ0v) is 20.4. The number of nitrogens with zero attached hydrogens (tertiary/aromatic N) is 4. The molecule has 186 valence electrons. The number of methoxy groups -OCH3 is 2. The fraction of sp³-hybridized carbons (Fsp3) is 0.500. The van der Waals surface area contributed by atoms with Crippen LogP contribution in [0.15, 0.2) is 35.4 Å². The maximum absolute atomic E-state index is 13.1. The molecule has 3 aromatic rings. The van der Waals surface area contributed by atoms with E-state index < -0.39 is 0 Å². The lowest BCUT2D eigenvalue weighted by atomic mass is 9.76. The Balaban J connectivity index is 1.43. The lowest BCUT2D eigenvalue weighted by molar-refractivity contribution is -0.0828. The maximum atomic E-state index is 13.1. The number of carbonyl (C=O) groups excluding carboxylic acids is 1. The van der Waals surface area contributed by atoms with Crippen molar-refractivity contribution in [2.75, 3.05) is 31.9 Å². The number of fused-ring (bicyclic) bond motifs is 1. The summed E-state index contributed by atoms with van der Waals surface area (Å²) >= 11 is 0. The van der Waals surface area contributed by atoms with Crippen molar-refractivity contribution in [2.45, 2.75) is 56.4 Å². The Morgan fingerprint density at radius 3 is 2.74 bits per heavy atom. The SMILES string of the molecule is CNc1cc(Nc2cccn([C@H]3C[C@H](OC)C3)c2=O)nc2c(C(=O)NC3CC[C@@]3(C)OC)cnn12. The molecule has 35 heavy (non-hydrogen) atoms. The van der Waals surface area contributed by atoms with Crippen molar-refractivity contribution >= 4 is 28.9 Å². The van der Waals surface area contributed by atoms with Crippen LogP contribution in [-0.2, 0) is 9.47 Å². The zero-order valence-electron chi connectivity index (χ0n) is 20.4. The minimum Gasteiger partial charge on any atom is -0.381 e. The number of carbonyl (C=O) groups is 1. The van der Waals surface area contributed by atoms with Crippen molar-refractivity contribution in [3.63, 3.8) is 0 Å². The van der Waals surface area contributed by atoms with Crippen LogP contribution in [0.1, 0.15) is 49.0 Å². The summed E-state index contributed by atoms with van der Waals surface area (Å²) in [6.07, 6.45) is 6.86. The van der Waals surface area contributed by atoms with Gasteiger partial charge in [0, 0.05) is 39.6 Å². The molecule has 2 aliphatic rings. The van der Waals surface area contributed by atoms with Crippen molar-refractivity contribution in [3.05, 3.63) is 46.5 Å². The van der Waals surface area contributed by atoms with E-state index in [1.54, 1.807) is 48.7 Å². The zero-order chi connectivity index (χ0) is 24.7. The third-order valence-corrected chi connectivity index (χ3v) is 7.44. The first kappa shape index (κ1) is 23.3. The number of hydrogen-bond acceptors (Lipinski definition) is 8. The summed E-state index contributed by atoms with van der Waals surface area (Å²) in [5, 5.41) is 13.6. The predicted molar refractivity (Wildman–Crippen MR) is 131 cm³/mol. The molecule has 3 heterocycles. The fourth-order valence-electron chi connectivity index (χ4n) is 4.75. The minimum atomic E-state index is -0.369. The van der Waals surface area contributed by atoms with Crippen molar-refractivity contribution in [3.8, 4) is 0 Å². The van der Waals surface area contributed by atoms with Crippen LogP contribution in [0.2, 0.25) is 0 Å². The van der Waals surface area contributed by atoms with Gasteiger partial charge in [-0.05, 0) is 44.7 Å². The van der Waals surface area contributed by atoms with Gasteiger partial charge in [0.1, 0.15) is 22.9 Å². The Bertz CT molecular complexity index is 1310. The Morgan fingerprint density at radius 1 is 1.29 bits per heavy atom. The molecule has 2 atom stereocenters. The minimum absolute atomic E-state index is 0.0768. The first-order valence-electron chi connectivity index (χ1n) is 11.8. The monoisotopic (exact) mass is 481 g/mol. The average molecular weight is 482 g/mol. The number of anilines is 3. The second-order valence-corrected chi connectivity index (χ2v) is 9.39. The Hall–Kier alpha value is -3.44. The first-order valence-corrected chi connectivity index (χ1v) is 11.8. The van der Waals surface area contributed by atoms with Gasteiger partial charge in [-0.3, -0.25) is 9.59 Å². The molecule has 5 rings (SSSR count). The molecule has 2 aliphatic carbocycles. The van der Waals surface area contributed by atoms with E-state index in [1.807, 2.05) is 13.0 Å². The lowest BCUT2D eigenvalue weighted by Gasteiger charge is -2.45. The van der Waals surface area contributed by atoms with Gasteiger partial charge in [0.2, 0.25) is 0 Å². The van der Waals surface area contributed by atoms with Gasteiger partial charge in [0.15, 0.2) is 5.65 Å². The summed E-state index contributed by atoms with van der Waals surface area (Å²) in [5.74, 6) is 0.791. The van der Waals surface area contributed by atoms with Gasteiger partial charge >= 0.3 is 0 Å². The Morgan fingerprint density at radius 2 is 2.09 bits per heavy atom. The lowest BCUT2D eigenvalue weighted by Crippen LogP contribution is -2.59. The van der Waals surface area contributed by atoms with Crippen LogP contribution < -0.4 is 21.5 Å². The van der Waals surface area contributed by atoms with Crippen LogP contribution in [0.3, 0.4) is 0 Å². The molecule has 0 aliphatic heterocycles. The summed E-state index contributed by atoms with van der Waals surface area (Å²) in [4.78, 5) is 30.8. The summed E-state index contributed by atoms with van der Waals surface area (Å²) in [6.45, 7) is 1.99. The summed E-state index contributed by atoms with van der Waals surface area (Å²) in [5.41, 5.74) is 0.638. The molecule has 0 spiro atoms. The predicted octanol–water partition coefficient (Wildman–Crippen LogP) is 2.32. The average Bonchev–Trinajstić information content (AvgIpc) is 3.26. The Labute approximate surface area is 202 Å². The summed E-state index contributed by atoms with van der Waals surface area (Å²) in [6, 6.07) is 5.35. The highest BCUT2D eigenvalue weighted by Gasteiger charge is 2.44. The van der Waals surface area contributed by atoms with Crippen molar-refractivity contribution < 1.29 is 14.3 Å². The molecule has 3 aromatic heterocycles. The smallest absolute Gasteiger partial charge is 0.274 e. The van der Waals surface area contributed by atoms with Crippen molar-refractivity contribution in [2.24, 2.45) is 0 Å². The van der Waals surface area contributed by atoms with Gasteiger partial charge in [-0.2, -0.15) is 9.61 Å². The summed E-state index contributed by atoms with van der Waals surface area (Å²) < 4.78 is 14.2. The van der Waals surface area contributed by atoms with Gasteiger partial charge < -0.3 is 30.0 Å². The van der Waals surface area contributed by atoms with E-state index in [1.165, 1.54) is 6.20 Å². The molecule has 11 nitrogen and oxygen atoms in total. The van der Waals surface area contributed by atoms with E-state index in [0.717, 1.165) is 25.7 Å². The molecule has 3 N–H and O–H groups in total.